The number of aromatic nitrogens is 1. The summed E-state index contributed by atoms with van der Waals surface area (Å²) in [6.07, 6.45) is 2.24. The van der Waals surface area contributed by atoms with Crippen LogP contribution in [0.2, 0.25) is 0 Å². The minimum absolute atomic E-state index is 0.176. The van der Waals surface area contributed by atoms with E-state index in [1.165, 1.54) is 6.39 Å². The Morgan fingerprint density at radius 3 is 2.82 bits per heavy atom. The number of oxazole rings is 1. The van der Waals surface area contributed by atoms with Gasteiger partial charge < -0.3 is 14.6 Å². The first-order valence-electron chi connectivity index (χ1n) is 5.88. The Morgan fingerprint density at radius 2 is 2.24 bits per heavy atom. The molecule has 0 atom stereocenters. The zero-order valence-corrected chi connectivity index (χ0v) is 11.0. The Morgan fingerprint density at radius 1 is 1.53 bits per heavy atom. The molecule has 0 aliphatic rings. The molecule has 1 N–H and O–H groups in total. The molecule has 1 amide bonds. The number of carbonyl (C=O) groups is 1. The van der Waals surface area contributed by atoms with Crippen molar-refractivity contribution in [2.45, 2.75) is 26.2 Å². The standard InChI is InChI=1S/C12H21N3O2/c1-9(2)10-11(17-8-14-10)12(16)13-6-5-7-15(3)4/h8-9H,5-7H2,1-4H3,(H,13,16). The molecular formula is C12H21N3O2. The van der Waals surface area contributed by atoms with Crippen molar-refractivity contribution in [3.8, 4) is 0 Å². The highest BCUT2D eigenvalue weighted by molar-refractivity contribution is 5.92. The van der Waals surface area contributed by atoms with E-state index in [4.69, 9.17) is 4.42 Å². The average molecular weight is 239 g/mol. The molecule has 0 aliphatic carbocycles. The van der Waals surface area contributed by atoms with Gasteiger partial charge >= 0.3 is 0 Å². The van der Waals surface area contributed by atoms with Gasteiger partial charge in [0.05, 0.1) is 5.69 Å². The van der Waals surface area contributed by atoms with E-state index in [1.807, 2.05) is 27.9 Å². The van der Waals surface area contributed by atoms with Crippen LogP contribution >= 0.6 is 0 Å². The summed E-state index contributed by atoms with van der Waals surface area (Å²) < 4.78 is 5.13. The van der Waals surface area contributed by atoms with Gasteiger partial charge in [-0.25, -0.2) is 4.98 Å². The van der Waals surface area contributed by atoms with E-state index >= 15 is 0 Å². The summed E-state index contributed by atoms with van der Waals surface area (Å²) in [5.41, 5.74) is 0.718. The van der Waals surface area contributed by atoms with Gasteiger partial charge in [-0.15, -0.1) is 0 Å². The van der Waals surface area contributed by atoms with Crippen molar-refractivity contribution in [1.82, 2.24) is 15.2 Å². The van der Waals surface area contributed by atoms with Gasteiger partial charge in [-0.3, -0.25) is 4.79 Å². The van der Waals surface area contributed by atoms with E-state index < -0.39 is 0 Å². The monoisotopic (exact) mass is 239 g/mol. The molecule has 0 bridgehead atoms. The minimum atomic E-state index is -0.176. The summed E-state index contributed by atoms with van der Waals surface area (Å²) in [6.45, 7) is 5.57. The molecule has 0 unspecified atom stereocenters. The first-order valence-corrected chi connectivity index (χ1v) is 5.88. The quantitative estimate of drug-likeness (QED) is 0.764. The van der Waals surface area contributed by atoms with Gasteiger partial charge in [0.25, 0.3) is 5.91 Å². The van der Waals surface area contributed by atoms with Crippen molar-refractivity contribution in [2.24, 2.45) is 0 Å². The Balaban J connectivity index is 2.44. The fourth-order valence-electron chi connectivity index (χ4n) is 1.51. The lowest BCUT2D eigenvalue weighted by atomic mass is 10.1. The molecule has 1 aromatic rings. The molecule has 0 saturated carbocycles. The first-order chi connectivity index (χ1) is 8.02. The van der Waals surface area contributed by atoms with Crippen molar-refractivity contribution in [1.29, 1.82) is 0 Å². The van der Waals surface area contributed by atoms with Crippen molar-refractivity contribution in [2.75, 3.05) is 27.2 Å². The zero-order valence-electron chi connectivity index (χ0n) is 11.0. The maximum absolute atomic E-state index is 11.8. The minimum Gasteiger partial charge on any atom is -0.438 e. The van der Waals surface area contributed by atoms with Crippen LogP contribution in [0.25, 0.3) is 0 Å². The van der Waals surface area contributed by atoms with Gasteiger partial charge in [-0.1, -0.05) is 13.8 Å². The molecule has 0 fully saturated rings. The summed E-state index contributed by atoms with van der Waals surface area (Å²) in [7, 11) is 4.02. The predicted octanol–water partition coefficient (Wildman–Crippen LogP) is 1.48. The van der Waals surface area contributed by atoms with Gasteiger partial charge in [0, 0.05) is 6.54 Å². The molecule has 5 heteroatoms. The Labute approximate surface area is 102 Å². The smallest absolute Gasteiger partial charge is 0.289 e. The van der Waals surface area contributed by atoms with Crippen LogP contribution in [0, 0.1) is 0 Å². The van der Waals surface area contributed by atoms with Gasteiger partial charge in [0.2, 0.25) is 5.76 Å². The van der Waals surface area contributed by atoms with Crippen LogP contribution in [0.15, 0.2) is 10.8 Å². The van der Waals surface area contributed by atoms with Crippen molar-refractivity contribution < 1.29 is 9.21 Å². The van der Waals surface area contributed by atoms with Gasteiger partial charge in [-0.05, 0) is 33.0 Å². The summed E-state index contributed by atoms with van der Waals surface area (Å²) in [5, 5.41) is 2.84. The molecule has 17 heavy (non-hydrogen) atoms. The molecule has 0 saturated heterocycles. The third-order valence-electron chi connectivity index (χ3n) is 2.42. The average Bonchev–Trinajstić information content (AvgIpc) is 2.72. The zero-order chi connectivity index (χ0) is 12.8. The largest absolute Gasteiger partial charge is 0.438 e. The van der Waals surface area contributed by atoms with E-state index in [2.05, 4.69) is 15.2 Å². The molecule has 0 radical (unpaired) electrons. The Bertz CT molecular complexity index is 358. The molecular weight excluding hydrogens is 218 g/mol. The second kappa shape index (κ2) is 6.39. The summed E-state index contributed by atoms with van der Waals surface area (Å²) in [4.78, 5) is 18.0. The summed E-state index contributed by atoms with van der Waals surface area (Å²) >= 11 is 0. The van der Waals surface area contributed by atoms with E-state index in [1.54, 1.807) is 0 Å². The highest BCUT2D eigenvalue weighted by Crippen LogP contribution is 2.16. The van der Waals surface area contributed by atoms with Gasteiger partial charge in [0.15, 0.2) is 6.39 Å². The molecule has 1 aromatic heterocycles. The van der Waals surface area contributed by atoms with E-state index in [0.29, 0.717) is 12.3 Å². The van der Waals surface area contributed by atoms with E-state index in [-0.39, 0.29) is 11.8 Å². The molecule has 0 aromatic carbocycles. The number of rotatable bonds is 6. The molecule has 1 heterocycles. The highest BCUT2D eigenvalue weighted by Gasteiger charge is 2.18. The second-order valence-electron chi connectivity index (χ2n) is 4.63. The molecule has 5 nitrogen and oxygen atoms in total. The topological polar surface area (TPSA) is 58.4 Å². The van der Waals surface area contributed by atoms with Crippen LogP contribution < -0.4 is 5.32 Å². The fraction of sp³-hybridized carbons (Fsp3) is 0.667. The Hall–Kier alpha value is -1.36. The van der Waals surface area contributed by atoms with Gasteiger partial charge in [0.1, 0.15) is 0 Å². The number of nitrogens with one attached hydrogen (secondary N) is 1. The van der Waals surface area contributed by atoms with Crippen molar-refractivity contribution in [3.05, 3.63) is 17.8 Å². The summed E-state index contributed by atoms with van der Waals surface area (Å²) in [5.74, 6) is 0.353. The van der Waals surface area contributed by atoms with Crippen LogP contribution in [0.5, 0.6) is 0 Å². The lowest BCUT2D eigenvalue weighted by Gasteiger charge is -2.09. The third kappa shape index (κ3) is 4.19. The number of carbonyl (C=O) groups excluding carboxylic acids is 1. The number of hydrogen-bond acceptors (Lipinski definition) is 4. The predicted molar refractivity (Wildman–Crippen MR) is 66.1 cm³/mol. The second-order valence-corrected chi connectivity index (χ2v) is 4.63. The highest BCUT2D eigenvalue weighted by atomic mass is 16.3. The van der Waals surface area contributed by atoms with Crippen molar-refractivity contribution in [3.63, 3.8) is 0 Å². The summed E-state index contributed by atoms with van der Waals surface area (Å²) in [6, 6.07) is 0. The molecule has 0 spiro atoms. The maximum atomic E-state index is 11.8. The molecule has 0 aliphatic heterocycles. The number of amides is 1. The lowest BCUT2D eigenvalue weighted by Crippen LogP contribution is -2.27. The van der Waals surface area contributed by atoms with Gasteiger partial charge in [-0.2, -0.15) is 0 Å². The van der Waals surface area contributed by atoms with Crippen molar-refractivity contribution >= 4 is 5.91 Å². The van der Waals surface area contributed by atoms with Crippen LogP contribution in [0.3, 0.4) is 0 Å². The normalized spacial score (nSPS) is 11.2. The van der Waals surface area contributed by atoms with Crippen LogP contribution in [-0.2, 0) is 0 Å². The van der Waals surface area contributed by atoms with E-state index in [0.717, 1.165) is 18.7 Å². The van der Waals surface area contributed by atoms with Crippen LogP contribution in [-0.4, -0.2) is 43.0 Å². The number of hydrogen-bond donors (Lipinski definition) is 1. The molecule has 1 rings (SSSR count). The Kier molecular flexibility index (Phi) is 5.15. The number of nitrogens with zero attached hydrogens (tertiary/aromatic N) is 2. The third-order valence-corrected chi connectivity index (χ3v) is 2.42. The SMILES string of the molecule is CC(C)c1ncoc1C(=O)NCCCN(C)C. The fourth-order valence-corrected chi connectivity index (χ4v) is 1.51. The van der Waals surface area contributed by atoms with Crippen LogP contribution in [0.4, 0.5) is 0 Å². The van der Waals surface area contributed by atoms with Crippen LogP contribution in [0.1, 0.15) is 42.4 Å². The van der Waals surface area contributed by atoms with E-state index in [9.17, 15) is 4.79 Å². The maximum Gasteiger partial charge on any atom is 0.289 e. The first kappa shape index (κ1) is 13.7. The molecule has 96 valence electrons. The lowest BCUT2D eigenvalue weighted by molar-refractivity contribution is 0.0923.